The molecular weight excluding hydrogens is 358 g/mol. The van der Waals surface area contributed by atoms with Crippen LogP contribution in [0.25, 0.3) is 0 Å². The number of amides is 2. The molecule has 0 aliphatic carbocycles. The van der Waals surface area contributed by atoms with Gasteiger partial charge in [0.25, 0.3) is 0 Å². The smallest absolute Gasteiger partial charge is 0.308 e. The summed E-state index contributed by atoms with van der Waals surface area (Å²) in [5.41, 5.74) is 1.28. The van der Waals surface area contributed by atoms with Gasteiger partial charge in [-0.05, 0) is 29.8 Å². The fourth-order valence-corrected chi connectivity index (χ4v) is 4.13. The van der Waals surface area contributed by atoms with Crippen LogP contribution in [0.4, 0.5) is 14.9 Å². The molecule has 1 N–H and O–H groups in total. The first kappa shape index (κ1) is 16.4. The molecule has 1 heterocycles. The average Bonchev–Trinajstić information content (AvgIpc) is 3.01. The van der Waals surface area contributed by atoms with E-state index >= 15 is 0 Å². The summed E-state index contributed by atoms with van der Waals surface area (Å²) in [5, 5.41) is 3.38. The third-order valence-corrected chi connectivity index (χ3v) is 5.39. The van der Waals surface area contributed by atoms with E-state index in [-0.39, 0.29) is 17.2 Å². The molecule has 2 aromatic rings. The number of rotatable bonds is 2. The van der Waals surface area contributed by atoms with Crippen molar-refractivity contribution in [1.82, 2.24) is 4.90 Å². The Kier molecular flexibility index (Phi) is 4.99. The van der Waals surface area contributed by atoms with Gasteiger partial charge in [0.15, 0.2) is 0 Å². The van der Waals surface area contributed by atoms with Gasteiger partial charge in [0, 0.05) is 12.3 Å². The molecule has 0 radical (unpaired) electrons. The molecule has 1 saturated heterocycles. The van der Waals surface area contributed by atoms with Gasteiger partial charge in [-0.3, -0.25) is 0 Å². The highest BCUT2D eigenvalue weighted by atomic mass is 35.5. The zero-order chi connectivity index (χ0) is 16.4. The third kappa shape index (κ3) is 3.57. The summed E-state index contributed by atoms with van der Waals surface area (Å²) in [7, 11) is 0. The van der Waals surface area contributed by atoms with E-state index in [2.05, 4.69) is 5.32 Å². The van der Waals surface area contributed by atoms with Gasteiger partial charge < -0.3 is 10.2 Å². The number of carbonyl (C=O) groups is 1. The largest absolute Gasteiger partial charge is 0.323 e. The lowest BCUT2D eigenvalue weighted by atomic mass is 10.2. The minimum atomic E-state index is -0.296. The summed E-state index contributed by atoms with van der Waals surface area (Å²) in [6, 6.07) is 11.0. The van der Waals surface area contributed by atoms with Crippen LogP contribution in [0.5, 0.6) is 0 Å². The molecule has 3 nitrogen and oxygen atoms in total. The highest BCUT2D eigenvalue weighted by molar-refractivity contribution is 7.99. The number of hydrogen-bond acceptors (Lipinski definition) is 2. The van der Waals surface area contributed by atoms with E-state index in [1.54, 1.807) is 47.0 Å². The van der Waals surface area contributed by atoms with Crippen molar-refractivity contribution < 1.29 is 9.18 Å². The first-order chi connectivity index (χ1) is 11.1. The van der Waals surface area contributed by atoms with E-state index in [0.29, 0.717) is 22.3 Å². The van der Waals surface area contributed by atoms with E-state index < -0.39 is 0 Å². The Bertz CT molecular complexity index is 706. The number of benzene rings is 2. The zero-order valence-corrected chi connectivity index (χ0v) is 14.3. The molecule has 0 aromatic heterocycles. The summed E-state index contributed by atoms with van der Waals surface area (Å²) in [6.07, 6.45) is 0. The molecule has 7 heteroatoms. The molecule has 23 heavy (non-hydrogen) atoms. The second-order valence-electron chi connectivity index (χ2n) is 4.99. The Labute approximate surface area is 147 Å². The first-order valence-electron chi connectivity index (χ1n) is 6.95. The molecule has 1 fully saturated rings. The molecule has 1 aliphatic rings. The minimum absolute atomic E-state index is 0.156. The maximum atomic E-state index is 13.1. The van der Waals surface area contributed by atoms with Crippen LogP contribution in [-0.4, -0.2) is 23.2 Å². The molecular formula is C16H13Cl2FN2OS. The number of carbonyl (C=O) groups excluding carboxylic acids is 1. The van der Waals surface area contributed by atoms with Gasteiger partial charge in [-0.2, -0.15) is 0 Å². The van der Waals surface area contributed by atoms with Gasteiger partial charge in [-0.25, -0.2) is 9.18 Å². The molecule has 1 aliphatic heterocycles. The predicted octanol–water partition coefficient (Wildman–Crippen LogP) is 5.41. The lowest BCUT2D eigenvalue weighted by Crippen LogP contribution is -2.34. The van der Waals surface area contributed by atoms with Crippen LogP contribution in [0.2, 0.25) is 10.0 Å². The number of para-hydroxylation sites is 1. The Balaban J connectivity index is 1.80. The number of halogens is 3. The van der Waals surface area contributed by atoms with E-state index in [4.69, 9.17) is 23.2 Å². The number of urea groups is 1. The average molecular weight is 371 g/mol. The van der Waals surface area contributed by atoms with Crippen LogP contribution in [0.1, 0.15) is 10.9 Å². The summed E-state index contributed by atoms with van der Waals surface area (Å²) in [4.78, 5) is 14.3. The minimum Gasteiger partial charge on any atom is -0.308 e. The van der Waals surface area contributed by atoms with Crippen molar-refractivity contribution in [3.8, 4) is 0 Å². The quantitative estimate of drug-likeness (QED) is 0.765. The topological polar surface area (TPSA) is 32.3 Å². The van der Waals surface area contributed by atoms with Gasteiger partial charge in [0.05, 0.1) is 15.7 Å². The van der Waals surface area contributed by atoms with Crippen LogP contribution in [0.3, 0.4) is 0 Å². The van der Waals surface area contributed by atoms with E-state index in [9.17, 15) is 9.18 Å². The van der Waals surface area contributed by atoms with Crippen molar-refractivity contribution in [3.63, 3.8) is 0 Å². The molecule has 0 spiro atoms. The molecule has 1 atom stereocenters. The standard InChI is InChI=1S/C16H13Cl2FN2OS/c17-12-2-1-3-13(18)14(12)20-16(22)21-8-9-23-15(21)10-4-6-11(19)7-5-10/h1-7,15H,8-9H2,(H,20,22)/t15-/m1/s1. The maximum Gasteiger partial charge on any atom is 0.323 e. The summed E-state index contributed by atoms with van der Waals surface area (Å²) < 4.78 is 13.1. The van der Waals surface area contributed by atoms with E-state index in [0.717, 1.165) is 11.3 Å². The SMILES string of the molecule is O=C(Nc1c(Cl)cccc1Cl)N1CCS[C@@H]1c1ccc(F)cc1. The van der Waals surface area contributed by atoms with Crippen molar-refractivity contribution in [3.05, 3.63) is 63.9 Å². The first-order valence-corrected chi connectivity index (χ1v) is 8.75. The second kappa shape index (κ2) is 6.99. The van der Waals surface area contributed by atoms with Gasteiger partial charge in [-0.15, -0.1) is 11.8 Å². The normalized spacial score (nSPS) is 17.3. The van der Waals surface area contributed by atoms with Crippen molar-refractivity contribution in [2.75, 3.05) is 17.6 Å². The summed E-state index contributed by atoms with van der Waals surface area (Å²) in [6.45, 7) is 0.598. The zero-order valence-electron chi connectivity index (χ0n) is 11.9. The van der Waals surface area contributed by atoms with Gasteiger partial charge in [0.2, 0.25) is 0 Å². The van der Waals surface area contributed by atoms with Gasteiger partial charge >= 0.3 is 6.03 Å². The Morgan fingerprint density at radius 2 is 1.83 bits per heavy atom. The molecule has 0 saturated carbocycles. The Morgan fingerprint density at radius 3 is 2.48 bits per heavy atom. The highest BCUT2D eigenvalue weighted by Crippen LogP contribution is 2.39. The van der Waals surface area contributed by atoms with Crippen LogP contribution in [0, 0.1) is 5.82 Å². The number of nitrogens with one attached hydrogen (secondary N) is 1. The number of hydrogen-bond donors (Lipinski definition) is 1. The molecule has 0 unspecified atom stereocenters. The number of anilines is 1. The summed E-state index contributed by atoms with van der Waals surface area (Å²) >= 11 is 13.8. The monoisotopic (exact) mass is 370 g/mol. The second-order valence-corrected chi connectivity index (χ2v) is 7.00. The number of thioether (sulfide) groups is 1. The molecule has 120 valence electrons. The van der Waals surface area contributed by atoms with Gasteiger partial charge in [-0.1, -0.05) is 41.4 Å². The van der Waals surface area contributed by atoms with E-state index in [1.165, 1.54) is 12.1 Å². The van der Waals surface area contributed by atoms with Crippen molar-refractivity contribution in [2.24, 2.45) is 0 Å². The molecule has 2 aromatic carbocycles. The molecule has 2 amide bonds. The lowest BCUT2D eigenvalue weighted by Gasteiger charge is -2.25. The number of nitrogens with zero attached hydrogens (tertiary/aromatic N) is 1. The summed E-state index contributed by atoms with van der Waals surface area (Å²) in [5.74, 6) is 0.515. The fraction of sp³-hybridized carbons (Fsp3) is 0.188. The predicted molar refractivity (Wildman–Crippen MR) is 93.8 cm³/mol. The molecule has 3 rings (SSSR count). The third-order valence-electron chi connectivity index (χ3n) is 3.50. The van der Waals surface area contributed by atoms with Crippen LogP contribution in [-0.2, 0) is 0 Å². The molecule has 0 bridgehead atoms. The maximum absolute atomic E-state index is 13.1. The van der Waals surface area contributed by atoms with Crippen molar-refractivity contribution >= 4 is 46.7 Å². The Morgan fingerprint density at radius 1 is 1.17 bits per heavy atom. The lowest BCUT2D eigenvalue weighted by molar-refractivity contribution is 0.214. The van der Waals surface area contributed by atoms with Crippen molar-refractivity contribution in [1.29, 1.82) is 0 Å². The van der Waals surface area contributed by atoms with Crippen LogP contribution >= 0.6 is 35.0 Å². The van der Waals surface area contributed by atoms with Crippen LogP contribution < -0.4 is 5.32 Å². The highest BCUT2D eigenvalue weighted by Gasteiger charge is 2.31. The fourth-order valence-electron chi connectivity index (χ4n) is 2.38. The van der Waals surface area contributed by atoms with Crippen LogP contribution in [0.15, 0.2) is 42.5 Å². The Hall–Kier alpha value is -1.43. The van der Waals surface area contributed by atoms with Crippen molar-refractivity contribution in [2.45, 2.75) is 5.37 Å². The van der Waals surface area contributed by atoms with E-state index in [1.807, 2.05) is 0 Å². The van der Waals surface area contributed by atoms with Gasteiger partial charge in [0.1, 0.15) is 11.2 Å².